The molecule has 1 aliphatic rings. The molecule has 1 aromatic rings. The summed E-state index contributed by atoms with van der Waals surface area (Å²) in [6, 6.07) is 5.61. The molecule has 1 heterocycles. The van der Waals surface area contributed by atoms with E-state index in [0.717, 1.165) is 11.0 Å². The van der Waals surface area contributed by atoms with Crippen molar-refractivity contribution in [2.45, 2.75) is 38.9 Å². The molecule has 6 heteroatoms. The highest BCUT2D eigenvalue weighted by Gasteiger charge is 2.52. The van der Waals surface area contributed by atoms with E-state index in [4.69, 9.17) is 25.5 Å². The molecule has 1 fully saturated rings. The van der Waals surface area contributed by atoms with Crippen molar-refractivity contribution in [2.75, 3.05) is 19.4 Å². The zero-order valence-corrected chi connectivity index (χ0v) is 14.0. The SMILES string of the molecule is COc1ccc(C=C(CN)B2OC(C)(C)C(C)(C)O2)cc1N. The van der Waals surface area contributed by atoms with E-state index >= 15 is 0 Å². The largest absolute Gasteiger partial charge is 0.495 e. The molecule has 2 rings (SSSR count). The van der Waals surface area contributed by atoms with Crippen LogP contribution in [-0.4, -0.2) is 32.0 Å². The fraction of sp³-hybridized carbons (Fsp3) is 0.500. The number of rotatable bonds is 4. The van der Waals surface area contributed by atoms with Gasteiger partial charge in [0.25, 0.3) is 0 Å². The molecule has 120 valence electrons. The second-order valence-corrected chi connectivity index (χ2v) is 6.51. The van der Waals surface area contributed by atoms with Crippen LogP contribution in [0.5, 0.6) is 5.75 Å². The summed E-state index contributed by atoms with van der Waals surface area (Å²) < 4.78 is 17.2. The van der Waals surface area contributed by atoms with Crippen LogP contribution in [-0.2, 0) is 9.31 Å². The lowest BCUT2D eigenvalue weighted by molar-refractivity contribution is 0.00578. The number of ether oxygens (including phenoxy) is 1. The zero-order valence-electron chi connectivity index (χ0n) is 14.0. The molecule has 1 saturated heterocycles. The van der Waals surface area contributed by atoms with Gasteiger partial charge in [0.2, 0.25) is 0 Å². The van der Waals surface area contributed by atoms with Gasteiger partial charge in [-0.2, -0.15) is 0 Å². The molecule has 0 radical (unpaired) electrons. The lowest BCUT2D eigenvalue weighted by Crippen LogP contribution is -2.41. The number of nitrogens with two attached hydrogens (primary N) is 2. The summed E-state index contributed by atoms with van der Waals surface area (Å²) in [5.41, 5.74) is 13.5. The monoisotopic (exact) mass is 304 g/mol. The molecule has 0 atom stereocenters. The fourth-order valence-electron chi connectivity index (χ4n) is 2.27. The highest BCUT2D eigenvalue weighted by molar-refractivity contribution is 6.55. The van der Waals surface area contributed by atoms with Crippen molar-refractivity contribution in [2.24, 2.45) is 5.73 Å². The summed E-state index contributed by atoms with van der Waals surface area (Å²) in [7, 11) is 1.15. The van der Waals surface area contributed by atoms with Crippen molar-refractivity contribution < 1.29 is 14.0 Å². The van der Waals surface area contributed by atoms with Gasteiger partial charge >= 0.3 is 7.12 Å². The molecule has 0 saturated carbocycles. The van der Waals surface area contributed by atoms with Crippen LogP contribution >= 0.6 is 0 Å². The molecule has 0 aliphatic carbocycles. The van der Waals surface area contributed by atoms with Gasteiger partial charge in [0.1, 0.15) is 5.75 Å². The Kier molecular flexibility index (Phi) is 4.56. The molecule has 0 spiro atoms. The smallest absolute Gasteiger partial charge is 0.491 e. The van der Waals surface area contributed by atoms with Crippen LogP contribution in [0.25, 0.3) is 6.08 Å². The van der Waals surface area contributed by atoms with Gasteiger partial charge in [0, 0.05) is 6.54 Å². The molecule has 1 aromatic carbocycles. The molecule has 0 amide bonds. The first-order valence-electron chi connectivity index (χ1n) is 7.40. The number of benzene rings is 1. The Bertz CT molecular complexity index is 569. The number of methoxy groups -OCH3 is 1. The van der Waals surface area contributed by atoms with Gasteiger partial charge < -0.3 is 25.5 Å². The Labute approximate surface area is 132 Å². The standard InChI is InChI=1S/C16H25BN2O3/c1-15(2)16(3,4)22-17(21-15)12(10-18)8-11-6-7-14(20-5)13(19)9-11/h6-9H,10,18-19H2,1-5H3. The Balaban J connectivity index is 2.27. The Morgan fingerprint density at radius 2 is 1.82 bits per heavy atom. The Morgan fingerprint density at radius 3 is 2.27 bits per heavy atom. The molecule has 0 bridgehead atoms. The number of hydrogen-bond acceptors (Lipinski definition) is 5. The summed E-state index contributed by atoms with van der Waals surface area (Å²) in [4.78, 5) is 0. The average molecular weight is 304 g/mol. The van der Waals surface area contributed by atoms with Gasteiger partial charge in [-0.3, -0.25) is 0 Å². The molecule has 4 N–H and O–H groups in total. The first-order chi connectivity index (χ1) is 10.2. The lowest BCUT2D eigenvalue weighted by Gasteiger charge is -2.32. The van der Waals surface area contributed by atoms with Crippen LogP contribution in [0, 0.1) is 0 Å². The number of hydrogen-bond donors (Lipinski definition) is 2. The van der Waals surface area contributed by atoms with Gasteiger partial charge in [0.05, 0.1) is 24.0 Å². The Morgan fingerprint density at radius 1 is 1.23 bits per heavy atom. The summed E-state index contributed by atoms with van der Waals surface area (Å²) in [6.45, 7) is 8.43. The Hall–Kier alpha value is -1.50. The van der Waals surface area contributed by atoms with Gasteiger partial charge in [-0.1, -0.05) is 12.1 Å². The number of nitrogen functional groups attached to an aromatic ring is 1. The van der Waals surface area contributed by atoms with E-state index in [9.17, 15) is 0 Å². The predicted molar refractivity (Wildman–Crippen MR) is 90.5 cm³/mol. The molecular weight excluding hydrogens is 279 g/mol. The molecule has 1 aliphatic heterocycles. The van der Waals surface area contributed by atoms with Crippen LogP contribution in [0.2, 0.25) is 0 Å². The quantitative estimate of drug-likeness (QED) is 0.659. The maximum absolute atomic E-state index is 6.04. The molecule has 5 nitrogen and oxygen atoms in total. The van der Waals surface area contributed by atoms with Crippen molar-refractivity contribution in [3.63, 3.8) is 0 Å². The normalized spacial score (nSPS) is 20.3. The fourth-order valence-corrected chi connectivity index (χ4v) is 2.27. The van der Waals surface area contributed by atoms with E-state index in [0.29, 0.717) is 18.0 Å². The second kappa shape index (κ2) is 5.95. The van der Waals surface area contributed by atoms with E-state index in [2.05, 4.69) is 0 Å². The van der Waals surface area contributed by atoms with E-state index in [1.54, 1.807) is 7.11 Å². The van der Waals surface area contributed by atoms with Crippen LogP contribution in [0.3, 0.4) is 0 Å². The highest BCUT2D eigenvalue weighted by Crippen LogP contribution is 2.38. The van der Waals surface area contributed by atoms with Gasteiger partial charge in [-0.15, -0.1) is 0 Å². The van der Waals surface area contributed by atoms with Crippen molar-refractivity contribution in [3.05, 3.63) is 29.2 Å². The minimum Gasteiger partial charge on any atom is -0.495 e. The maximum atomic E-state index is 6.04. The molecule has 0 aromatic heterocycles. The van der Waals surface area contributed by atoms with Crippen LogP contribution in [0.1, 0.15) is 33.3 Å². The summed E-state index contributed by atoms with van der Waals surface area (Å²) in [5.74, 6) is 0.655. The van der Waals surface area contributed by atoms with Gasteiger partial charge in [-0.05, 0) is 50.9 Å². The van der Waals surface area contributed by atoms with E-state index < -0.39 is 7.12 Å². The van der Waals surface area contributed by atoms with Crippen LogP contribution < -0.4 is 16.2 Å². The third-order valence-corrected chi connectivity index (χ3v) is 4.40. The van der Waals surface area contributed by atoms with Crippen molar-refractivity contribution in [1.82, 2.24) is 0 Å². The molecule has 0 unspecified atom stereocenters. The topological polar surface area (TPSA) is 79.7 Å². The molecule has 22 heavy (non-hydrogen) atoms. The first kappa shape index (κ1) is 16.9. The van der Waals surface area contributed by atoms with Gasteiger partial charge in [0.15, 0.2) is 0 Å². The number of anilines is 1. The predicted octanol–water partition coefficient (Wildman–Crippen LogP) is 2.25. The minimum atomic E-state index is -0.446. The van der Waals surface area contributed by atoms with Crippen LogP contribution in [0.15, 0.2) is 23.7 Å². The van der Waals surface area contributed by atoms with E-state index in [-0.39, 0.29) is 11.2 Å². The third kappa shape index (κ3) is 3.14. The first-order valence-corrected chi connectivity index (χ1v) is 7.40. The van der Waals surface area contributed by atoms with Crippen molar-refractivity contribution in [3.8, 4) is 5.75 Å². The highest BCUT2D eigenvalue weighted by atomic mass is 16.7. The van der Waals surface area contributed by atoms with Crippen LogP contribution in [0.4, 0.5) is 5.69 Å². The van der Waals surface area contributed by atoms with Gasteiger partial charge in [-0.25, -0.2) is 0 Å². The zero-order chi connectivity index (χ0) is 16.5. The second-order valence-electron chi connectivity index (χ2n) is 6.51. The lowest BCUT2D eigenvalue weighted by atomic mass is 9.77. The molecular formula is C16H25BN2O3. The third-order valence-electron chi connectivity index (χ3n) is 4.40. The van der Waals surface area contributed by atoms with E-state index in [1.807, 2.05) is 52.0 Å². The maximum Gasteiger partial charge on any atom is 0.491 e. The summed E-state index contributed by atoms with van der Waals surface area (Å²) in [5, 5.41) is 0. The van der Waals surface area contributed by atoms with Crippen molar-refractivity contribution in [1.29, 1.82) is 0 Å². The summed E-state index contributed by atoms with van der Waals surface area (Å²) in [6.07, 6.45) is 1.96. The average Bonchev–Trinajstić information content (AvgIpc) is 2.65. The van der Waals surface area contributed by atoms with E-state index in [1.165, 1.54) is 0 Å². The van der Waals surface area contributed by atoms with Crippen molar-refractivity contribution >= 4 is 18.9 Å². The summed E-state index contributed by atoms with van der Waals surface area (Å²) >= 11 is 0. The minimum absolute atomic E-state index is 0.350.